The highest BCUT2D eigenvalue weighted by molar-refractivity contribution is 5.75. The minimum Gasteiger partial charge on any atom is -0.497 e. The molecule has 26 heavy (non-hydrogen) atoms. The molecule has 0 heterocycles. The van der Waals surface area contributed by atoms with E-state index in [0.717, 1.165) is 24.3 Å². The van der Waals surface area contributed by atoms with Gasteiger partial charge in [0.25, 0.3) is 0 Å². The minimum absolute atomic E-state index is 0.0623. The Labute approximate surface area is 156 Å². The van der Waals surface area contributed by atoms with Crippen molar-refractivity contribution in [1.82, 2.24) is 5.32 Å². The Morgan fingerprint density at radius 3 is 2.35 bits per heavy atom. The van der Waals surface area contributed by atoms with Crippen molar-refractivity contribution in [2.75, 3.05) is 13.7 Å². The van der Waals surface area contributed by atoms with E-state index in [-0.39, 0.29) is 5.91 Å². The van der Waals surface area contributed by atoms with Gasteiger partial charge in [-0.3, -0.25) is 4.79 Å². The van der Waals surface area contributed by atoms with Crippen LogP contribution in [0.2, 0.25) is 0 Å². The normalized spacial score (nSPS) is 10.4. The van der Waals surface area contributed by atoms with Crippen LogP contribution < -0.4 is 14.8 Å². The van der Waals surface area contributed by atoms with Crippen molar-refractivity contribution in [3.8, 4) is 11.5 Å². The minimum atomic E-state index is 0.0623. The number of aryl methyl sites for hydroxylation is 2. The Hall–Kier alpha value is -2.49. The smallest absolute Gasteiger partial charge is 0.220 e. The van der Waals surface area contributed by atoms with Gasteiger partial charge in [0.05, 0.1) is 13.7 Å². The molecule has 0 fully saturated rings. The van der Waals surface area contributed by atoms with E-state index in [1.807, 2.05) is 24.3 Å². The molecule has 2 rings (SSSR count). The molecule has 140 valence electrons. The van der Waals surface area contributed by atoms with Crippen LogP contribution in [-0.4, -0.2) is 19.6 Å². The second kappa shape index (κ2) is 10.5. The molecular weight excluding hydrogens is 326 g/mol. The Bertz CT molecular complexity index is 695. The van der Waals surface area contributed by atoms with Crippen LogP contribution in [0, 0.1) is 0 Å². The number of carbonyl (C=O) groups excluding carboxylic acids is 1. The third kappa shape index (κ3) is 6.10. The van der Waals surface area contributed by atoms with Crippen molar-refractivity contribution in [1.29, 1.82) is 0 Å². The van der Waals surface area contributed by atoms with Gasteiger partial charge in [0.15, 0.2) is 0 Å². The van der Waals surface area contributed by atoms with Crippen LogP contribution >= 0.6 is 0 Å². The molecule has 0 bridgehead atoms. The fourth-order valence-corrected chi connectivity index (χ4v) is 2.79. The van der Waals surface area contributed by atoms with Crippen molar-refractivity contribution < 1.29 is 14.3 Å². The summed E-state index contributed by atoms with van der Waals surface area (Å²) in [6.45, 7) is 5.40. The van der Waals surface area contributed by atoms with E-state index < -0.39 is 0 Å². The maximum atomic E-state index is 12.1. The van der Waals surface area contributed by atoms with Gasteiger partial charge in [0.2, 0.25) is 5.91 Å². The van der Waals surface area contributed by atoms with Gasteiger partial charge in [-0.05, 0) is 60.2 Å². The Balaban J connectivity index is 1.72. The highest BCUT2D eigenvalue weighted by Gasteiger charge is 2.06. The summed E-state index contributed by atoms with van der Waals surface area (Å²) in [5.74, 6) is 1.65. The predicted octanol–water partition coefficient (Wildman–Crippen LogP) is 4.30. The third-order valence-corrected chi connectivity index (χ3v) is 4.41. The number of nitrogens with one attached hydrogen (secondary N) is 1. The zero-order valence-corrected chi connectivity index (χ0v) is 16.0. The summed E-state index contributed by atoms with van der Waals surface area (Å²) in [7, 11) is 1.64. The molecule has 0 aliphatic carbocycles. The van der Waals surface area contributed by atoms with Gasteiger partial charge >= 0.3 is 0 Å². The maximum absolute atomic E-state index is 12.1. The zero-order valence-electron chi connectivity index (χ0n) is 16.0. The average molecular weight is 355 g/mol. The highest BCUT2D eigenvalue weighted by atomic mass is 16.5. The lowest BCUT2D eigenvalue weighted by Gasteiger charge is -2.12. The summed E-state index contributed by atoms with van der Waals surface area (Å²) < 4.78 is 10.8. The predicted molar refractivity (Wildman–Crippen MR) is 105 cm³/mol. The number of hydrogen-bond acceptors (Lipinski definition) is 3. The molecule has 0 atom stereocenters. The molecule has 0 spiro atoms. The van der Waals surface area contributed by atoms with E-state index >= 15 is 0 Å². The first-order valence-corrected chi connectivity index (χ1v) is 9.30. The Morgan fingerprint density at radius 2 is 1.69 bits per heavy atom. The molecule has 1 N–H and O–H groups in total. The summed E-state index contributed by atoms with van der Waals surface area (Å²) >= 11 is 0. The van der Waals surface area contributed by atoms with Gasteiger partial charge in [-0.1, -0.05) is 32.0 Å². The van der Waals surface area contributed by atoms with Gasteiger partial charge in [-0.2, -0.15) is 0 Å². The number of carbonyl (C=O) groups is 1. The fourth-order valence-electron chi connectivity index (χ4n) is 2.79. The number of benzene rings is 2. The largest absolute Gasteiger partial charge is 0.497 e. The van der Waals surface area contributed by atoms with E-state index in [1.54, 1.807) is 7.11 Å². The first-order chi connectivity index (χ1) is 12.7. The molecule has 2 aromatic carbocycles. The van der Waals surface area contributed by atoms with Crippen molar-refractivity contribution >= 4 is 5.91 Å². The maximum Gasteiger partial charge on any atom is 0.220 e. The molecule has 0 aliphatic heterocycles. The van der Waals surface area contributed by atoms with Gasteiger partial charge < -0.3 is 14.8 Å². The molecule has 0 aliphatic rings. The first kappa shape index (κ1) is 19.8. The number of amides is 1. The monoisotopic (exact) mass is 355 g/mol. The van der Waals surface area contributed by atoms with Crippen molar-refractivity contribution in [2.24, 2.45) is 0 Å². The summed E-state index contributed by atoms with van der Waals surface area (Å²) in [4.78, 5) is 12.1. The van der Waals surface area contributed by atoms with E-state index in [4.69, 9.17) is 9.47 Å². The Kier molecular flexibility index (Phi) is 8.00. The summed E-state index contributed by atoms with van der Waals surface area (Å²) in [5.41, 5.74) is 3.82. The molecule has 4 heteroatoms. The first-order valence-electron chi connectivity index (χ1n) is 9.30. The quantitative estimate of drug-likeness (QED) is 0.647. The van der Waals surface area contributed by atoms with Crippen molar-refractivity contribution in [3.05, 3.63) is 59.2 Å². The molecule has 2 aromatic rings. The molecule has 4 nitrogen and oxygen atoms in total. The SMILES string of the molecule is CCc1ccc(CC)c(CNC(=O)CCCOc2ccc(OC)cc2)c1. The highest BCUT2D eigenvalue weighted by Crippen LogP contribution is 2.17. The van der Waals surface area contributed by atoms with Gasteiger partial charge in [-0.15, -0.1) is 0 Å². The van der Waals surface area contributed by atoms with Crippen LogP contribution in [0.1, 0.15) is 43.4 Å². The van der Waals surface area contributed by atoms with Crippen LogP contribution in [0.15, 0.2) is 42.5 Å². The molecule has 0 aromatic heterocycles. The summed E-state index contributed by atoms with van der Waals surface area (Å²) in [6, 6.07) is 14.0. The Morgan fingerprint density at radius 1 is 0.962 bits per heavy atom. The topological polar surface area (TPSA) is 47.6 Å². The zero-order chi connectivity index (χ0) is 18.8. The second-order valence-corrected chi connectivity index (χ2v) is 6.21. The summed E-state index contributed by atoms with van der Waals surface area (Å²) in [5, 5.41) is 3.03. The lowest BCUT2D eigenvalue weighted by Crippen LogP contribution is -2.23. The molecule has 1 amide bonds. The third-order valence-electron chi connectivity index (χ3n) is 4.41. The fraction of sp³-hybridized carbons (Fsp3) is 0.409. The van der Waals surface area contributed by atoms with Crippen LogP contribution in [0.25, 0.3) is 0 Å². The molecular formula is C22H29NO3. The molecule has 0 radical (unpaired) electrons. The van der Waals surface area contributed by atoms with Crippen molar-refractivity contribution in [3.63, 3.8) is 0 Å². The number of rotatable bonds is 10. The van der Waals surface area contributed by atoms with E-state index in [2.05, 4.69) is 37.4 Å². The molecule has 0 saturated heterocycles. The number of ether oxygens (including phenoxy) is 2. The second-order valence-electron chi connectivity index (χ2n) is 6.21. The summed E-state index contributed by atoms with van der Waals surface area (Å²) in [6.07, 6.45) is 3.14. The number of hydrogen-bond donors (Lipinski definition) is 1. The van der Waals surface area contributed by atoms with Gasteiger partial charge in [-0.25, -0.2) is 0 Å². The van der Waals surface area contributed by atoms with Crippen molar-refractivity contribution in [2.45, 2.75) is 46.1 Å². The lowest BCUT2D eigenvalue weighted by molar-refractivity contribution is -0.121. The number of methoxy groups -OCH3 is 1. The van der Waals surface area contributed by atoms with Crippen LogP contribution in [0.5, 0.6) is 11.5 Å². The van der Waals surface area contributed by atoms with Gasteiger partial charge in [0, 0.05) is 13.0 Å². The van der Waals surface area contributed by atoms with Gasteiger partial charge in [0.1, 0.15) is 11.5 Å². The van der Waals surface area contributed by atoms with Crippen LogP contribution in [0.4, 0.5) is 0 Å². The lowest BCUT2D eigenvalue weighted by atomic mass is 10.0. The molecule has 0 saturated carbocycles. The standard InChI is InChI=1S/C22H29NO3/c1-4-17-8-9-18(5-2)19(15-17)16-23-22(24)7-6-14-26-21-12-10-20(25-3)11-13-21/h8-13,15H,4-7,14,16H2,1-3H3,(H,23,24). The van der Waals surface area contributed by atoms with E-state index in [9.17, 15) is 4.79 Å². The van der Waals surface area contributed by atoms with Crippen LogP contribution in [0.3, 0.4) is 0 Å². The molecule has 0 unspecified atom stereocenters. The average Bonchev–Trinajstić information content (AvgIpc) is 2.69. The van der Waals surface area contributed by atoms with E-state index in [1.165, 1.54) is 16.7 Å². The van der Waals surface area contributed by atoms with E-state index in [0.29, 0.717) is 26.0 Å². The van der Waals surface area contributed by atoms with Crippen LogP contribution in [-0.2, 0) is 24.2 Å².